The van der Waals surface area contributed by atoms with Gasteiger partial charge in [-0.25, -0.2) is 0 Å². The molecule has 0 nitrogen and oxygen atoms in total. The monoisotopic (exact) mass is 268 g/mol. The van der Waals surface area contributed by atoms with Gasteiger partial charge >= 0.3 is 0 Å². The van der Waals surface area contributed by atoms with Crippen molar-refractivity contribution in [3.05, 3.63) is 41.5 Å². The van der Waals surface area contributed by atoms with Crippen molar-refractivity contribution in [1.82, 2.24) is 0 Å². The SMILES string of the molecule is C=C(C)c1cc(CCC#CC2CC2)ccc1CC.CC. The molecule has 108 valence electrons. The molecule has 0 radical (unpaired) electrons. The molecule has 1 aliphatic carbocycles. The van der Waals surface area contributed by atoms with Gasteiger partial charge in [-0.3, -0.25) is 0 Å². The molecule has 0 aliphatic heterocycles. The molecule has 1 aromatic carbocycles. The van der Waals surface area contributed by atoms with E-state index in [9.17, 15) is 0 Å². The fourth-order valence-corrected chi connectivity index (χ4v) is 2.14. The normalized spacial score (nSPS) is 12.8. The van der Waals surface area contributed by atoms with Gasteiger partial charge in [0.15, 0.2) is 0 Å². The Morgan fingerprint density at radius 3 is 2.55 bits per heavy atom. The van der Waals surface area contributed by atoms with Crippen LogP contribution in [0.1, 0.15) is 63.6 Å². The highest BCUT2D eigenvalue weighted by Gasteiger charge is 2.17. The van der Waals surface area contributed by atoms with Crippen molar-refractivity contribution in [2.75, 3.05) is 0 Å². The lowest BCUT2D eigenvalue weighted by Crippen LogP contribution is -1.93. The van der Waals surface area contributed by atoms with Crippen LogP contribution in [0.3, 0.4) is 0 Å². The summed E-state index contributed by atoms with van der Waals surface area (Å²) < 4.78 is 0. The molecule has 0 heterocycles. The molecule has 0 bridgehead atoms. The van der Waals surface area contributed by atoms with E-state index in [1.165, 1.54) is 29.5 Å². The maximum absolute atomic E-state index is 4.08. The van der Waals surface area contributed by atoms with Gasteiger partial charge in [-0.05, 0) is 49.3 Å². The zero-order chi connectivity index (χ0) is 15.0. The first-order chi connectivity index (χ1) is 9.70. The molecule has 0 atom stereocenters. The minimum atomic E-state index is 0.721. The maximum Gasteiger partial charge on any atom is 0.0203 e. The van der Waals surface area contributed by atoms with Crippen molar-refractivity contribution in [2.45, 2.75) is 59.8 Å². The first-order valence-electron chi connectivity index (χ1n) is 7.96. The van der Waals surface area contributed by atoms with E-state index < -0.39 is 0 Å². The van der Waals surface area contributed by atoms with E-state index in [1.807, 2.05) is 13.8 Å². The van der Waals surface area contributed by atoms with E-state index in [1.54, 1.807) is 0 Å². The second-order valence-corrected chi connectivity index (χ2v) is 5.22. The molecule has 0 N–H and O–H groups in total. The Bertz CT molecular complexity index is 493. The van der Waals surface area contributed by atoms with E-state index in [0.29, 0.717) is 0 Å². The van der Waals surface area contributed by atoms with E-state index in [-0.39, 0.29) is 0 Å². The summed E-state index contributed by atoms with van der Waals surface area (Å²) in [5.74, 6) is 7.34. The molecular weight excluding hydrogens is 240 g/mol. The van der Waals surface area contributed by atoms with Crippen LogP contribution in [-0.2, 0) is 12.8 Å². The van der Waals surface area contributed by atoms with Crippen LogP contribution in [0.4, 0.5) is 0 Å². The summed E-state index contributed by atoms with van der Waals surface area (Å²) in [7, 11) is 0. The van der Waals surface area contributed by atoms with Gasteiger partial charge in [0, 0.05) is 12.3 Å². The lowest BCUT2D eigenvalue weighted by atomic mass is 9.96. The van der Waals surface area contributed by atoms with Crippen molar-refractivity contribution in [2.24, 2.45) is 5.92 Å². The topological polar surface area (TPSA) is 0 Å². The quantitative estimate of drug-likeness (QED) is 0.619. The second-order valence-electron chi connectivity index (χ2n) is 5.22. The third-order valence-corrected chi connectivity index (χ3v) is 3.44. The minimum absolute atomic E-state index is 0.721. The summed E-state index contributed by atoms with van der Waals surface area (Å²) >= 11 is 0. The number of rotatable bonds is 4. The largest absolute Gasteiger partial charge is 0.103 e. The number of aryl methyl sites for hydroxylation is 2. The highest BCUT2D eigenvalue weighted by Crippen LogP contribution is 2.27. The van der Waals surface area contributed by atoms with Gasteiger partial charge < -0.3 is 0 Å². The summed E-state index contributed by atoms with van der Waals surface area (Å²) in [5.41, 5.74) is 5.27. The van der Waals surface area contributed by atoms with Crippen molar-refractivity contribution in [3.8, 4) is 11.8 Å². The zero-order valence-electron chi connectivity index (χ0n) is 13.6. The lowest BCUT2D eigenvalue weighted by Gasteiger charge is -2.09. The molecule has 0 unspecified atom stereocenters. The molecule has 0 amide bonds. The Morgan fingerprint density at radius 1 is 1.30 bits per heavy atom. The average Bonchev–Trinajstić information content (AvgIpc) is 3.29. The summed E-state index contributed by atoms with van der Waals surface area (Å²) in [6.45, 7) is 12.4. The van der Waals surface area contributed by atoms with Crippen LogP contribution in [0.5, 0.6) is 0 Å². The molecule has 2 rings (SSSR count). The predicted octanol–water partition coefficient (Wildman–Crippen LogP) is 5.65. The molecule has 1 fully saturated rings. The van der Waals surface area contributed by atoms with E-state index in [2.05, 4.69) is 50.5 Å². The fourth-order valence-electron chi connectivity index (χ4n) is 2.14. The van der Waals surface area contributed by atoms with Crippen LogP contribution in [0, 0.1) is 17.8 Å². The van der Waals surface area contributed by atoms with E-state index in [4.69, 9.17) is 0 Å². The minimum Gasteiger partial charge on any atom is -0.103 e. The molecule has 0 saturated heterocycles. The van der Waals surface area contributed by atoms with Gasteiger partial charge in [-0.1, -0.05) is 57.0 Å². The van der Waals surface area contributed by atoms with Crippen LogP contribution >= 0.6 is 0 Å². The van der Waals surface area contributed by atoms with Gasteiger partial charge in [0.1, 0.15) is 0 Å². The summed E-state index contributed by atoms with van der Waals surface area (Å²) in [4.78, 5) is 0. The summed E-state index contributed by atoms with van der Waals surface area (Å²) in [5, 5.41) is 0. The third-order valence-electron chi connectivity index (χ3n) is 3.44. The number of benzene rings is 1. The first-order valence-corrected chi connectivity index (χ1v) is 7.96. The van der Waals surface area contributed by atoms with Crippen molar-refractivity contribution >= 4 is 5.57 Å². The molecule has 20 heavy (non-hydrogen) atoms. The highest BCUT2D eigenvalue weighted by atomic mass is 14.2. The first kappa shape index (κ1) is 16.6. The highest BCUT2D eigenvalue weighted by molar-refractivity contribution is 5.65. The Balaban J connectivity index is 0.000000956. The Kier molecular flexibility index (Phi) is 7.16. The average molecular weight is 268 g/mol. The van der Waals surface area contributed by atoms with Crippen LogP contribution in [-0.4, -0.2) is 0 Å². The second kappa shape index (κ2) is 8.64. The Hall–Kier alpha value is -1.48. The number of allylic oxidation sites excluding steroid dienone is 1. The van der Waals surface area contributed by atoms with Gasteiger partial charge in [-0.15, -0.1) is 5.92 Å². The van der Waals surface area contributed by atoms with Gasteiger partial charge in [0.25, 0.3) is 0 Å². The van der Waals surface area contributed by atoms with Gasteiger partial charge in [-0.2, -0.15) is 0 Å². The maximum atomic E-state index is 4.08. The third kappa shape index (κ3) is 5.25. The van der Waals surface area contributed by atoms with E-state index >= 15 is 0 Å². The lowest BCUT2D eigenvalue weighted by molar-refractivity contribution is 1.01. The van der Waals surface area contributed by atoms with Crippen LogP contribution in [0.25, 0.3) is 5.57 Å². The van der Waals surface area contributed by atoms with Crippen molar-refractivity contribution in [1.29, 1.82) is 0 Å². The standard InChI is InChI=1S/C18H22.C2H6/c1-4-17-12-11-16(13-18(17)14(2)3)8-6-5-7-15-9-10-15;1-2/h11-13,15H,2,4,6,8-10H2,1,3H3;1-2H3. The fraction of sp³-hybridized carbons (Fsp3) is 0.500. The summed E-state index contributed by atoms with van der Waals surface area (Å²) in [6.07, 6.45) is 5.75. The van der Waals surface area contributed by atoms with Crippen molar-refractivity contribution in [3.63, 3.8) is 0 Å². The molecule has 1 saturated carbocycles. The van der Waals surface area contributed by atoms with E-state index in [0.717, 1.165) is 30.8 Å². The molecule has 0 heteroatoms. The zero-order valence-corrected chi connectivity index (χ0v) is 13.6. The Labute approximate surface area is 125 Å². The molecule has 1 aliphatic rings. The predicted molar refractivity (Wildman–Crippen MR) is 90.7 cm³/mol. The Morgan fingerprint density at radius 2 is 2.00 bits per heavy atom. The van der Waals surface area contributed by atoms with Gasteiger partial charge in [0.05, 0.1) is 0 Å². The molecule has 0 spiro atoms. The number of hydrogen-bond donors (Lipinski definition) is 0. The summed E-state index contributed by atoms with van der Waals surface area (Å²) in [6, 6.07) is 6.78. The number of hydrogen-bond acceptors (Lipinski definition) is 0. The van der Waals surface area contributed by atoms with Crippen molar-refractivity contribution < 1.29 is 0 Å². The smallest absolute Gasteiger partial charge is 0.0203 e. The van der Waals surface area contributed by atoms with Gasteiger partial charge in [0.2, 0.25) is 0 Å². The van der Waals surface area contributed by atoms with Crippen LogP contribution in [0.2, 0.25) is 0 Å². The molecule has 0 aromatic heterocycles. The molecular formula is C20H28. The molecule has 1 aromatic rings. The van der Waals surface area contributed by atoms with Crippen LogP contribution < -0.4 is 0 Å². The van der Waals surface area contributed by atoms with Crippen LogP contribution in [0.15, 0.2) is 24.8 Å².